The molecule has 1 fully saturated rings. The van der Waals surface area contributed by atoms with Gasteiger partial charge in [-0.3, -0.25) is 4.90 Å². The maximum absolute atomic E-state index is 5.67. The molecular weight excluding hydrogens is 164 g/mol. The van der Waals surface area contributed by atoms with Crippen molar-refractivity contribution in [3.63, 3.8) is 0 Å². The molecule has 0 aromatic heterocycles. The maximum Gasteiger partial charge on any atom is 0.0752 e. The van der Waals surface area contributed by atoms with Crippen LogP contribution >= 0.6 is 0 Å². The number of nitrogens with one attached hydrogen (secondary N) is 1. The van der Waals surface area contributed by atoms with Gasteiger partial charge in [0.25, 0.3) is 0 Å². The molecule has 0 unspecified atom stereocenters. The summed E-state index contributed by atoms with van der Waals surface area (Å²) in [6.07, 6.45) is 0. The largest absolute Gasteiger partial charge is 0.375 e. The van der Waals surface area contributed by atoms with Gasteiger partial charge in [0, 0.05) is 39.3 Å². The summed E-state index contributed by atoms with van der Waals surface area (Å²) in [5.74, 6) is 0. The highest BCUT2D eigenvalue weighted by Crippen LogP contribution is 2.11. The minimum absolute atomic E-state index is 0.00604. The molecule has 0 aromatic rings. The average Bonchev–Trinajstić information content (AvgIpc) is 2.04. The Balaban J connectivity index is 2.28. The Morgan fingerprint density at radius 2 is 1.92 bits per heavy atom. The fraction of sp³-hybridized carbons (Fsp3) is 1.00. The third-order valence-corrected chi connectivity index (χ3v) is 2.35. The molecule has 1 saturated heterocycles. The number of ether oxygens (including phenoxy) is 1. The van der Waals surface area contributed by atoms with Crippen molar-refractivity contribution in [3.05, 3.63) is 0 Å². The van der Waals surface area contributed by atoms with E-state index in [0.29, 0.717) is 0 Å². The lowest BCUT2D eigenvalue weighted by atomic mass is 10.1. The minimum Gasteiger partial charge on any atom is -0.375 e. The Kier molecular flexibility index (Phi) is 4.16. The first-order chi connectivity index (χ1) is 6.14. The molecule has 0 saturated carbocycles. The summed E-state index contributed by atoms with van der Waals surface area (Å²) in [5.41, 5.74) is 0.00604. The second-order valence-electron chi connectivity index (χ2n) is 4.22. The van der Waals surface area contributed by atoms with Gasteiger partial charge in [-0.05, 0) is 20.8 Å². The van der Waals surface area contributed by atoms with Crippen LogP contribution < -0.4 is 5.32 Å². The van der Waals surface area contributed by atoms with Gasteiger partial charge < -0.3 is 10.1 Å². The molecular formula is C10H22N2O. The van der Waals surface area contributed by atoms with Crippen LogP contribution in [0.3, 0.4) is 0 Å². The first-order valence-corrected chi connectivity index (χ1v) is 5.21. The zero-order valence-corrected chi connectivity index (χ0v) is 9.10. The van der Waals surface area contributed by atoms with E-state index in [1.54, 1.807) is 0 Å². The number of hydrogen-bond donors (Lipinski definition) is 1. The van der Waals surface area contributed by atoms with Crippen molar-refractivity contribution in [1.82, 2.24) is 10.2 Å². The second-order valence-corrected chi connectivity index (χ2v) is 4.22. The van der Waals surface area contributed by atoms with E-state index in [4.69, 9.17) is 4.74 Å². The lowest BCUT2D eigenvalue weighted by Crippen LogP contribution is -2.49. The number of hydrogen-bond acceptors (Lipinski definition) is 3. The zero-order chi connectivity index (χ0) is 9.73. The lowest BCUT2D eigenvalue weighted by Gasteiger charge is -2.34. The molecule has 1 rings (SSSR count). The van der Waals surface area contributed by atoms with Gasteiger partial charge in [0.1, 0.15) is 0 Å². The number of piperazine rings is 1. The normalized spacial score (nSPS) is 20.5. The van der Waals surface area contributed by atoms with Crippen molar-refractivity contribution in [2.45, 2.75) is 26.4 Å². The molecule has 78 valence electrons. The van der Waals surface area contributed by atoms with Crippen molar-refractivity contribution in [2.75, 3.05) is 39.3 Å². The summed E-state index contributed by atoms with van der Waals surface area (Å²) in [6, 6.07) is 0. The van der Waals surface area contributed by atoms with E-state index in [0.717, 1.165) is 39.3 Å². The standard InChI is InChI=1S/C10H22N2O/c1-4-13-10(2,3)9-12-7-5-11-6-8-12/h11H,4-9H2,1-3H3. The van der Waals surface area contributed by atoms with Gasteiger partial charge in [0.05, 0.1) is 5.60 Å². The minimum atomic E-state index is 0.00604. The van der Waals surface area contributed by atoms with E-state index in [-0.39, 0.29) is 5.60 Å². The van der Waals surface area contributed by atoms with Gasteiger partial charge in [0.15, 0.2) is 0 Å². The van der Waals surface area contributed by atoms with E-state index in [1.807, 2.05) is 0 Å². The summed E-state index contributed by atoms with van der Waals surface area (Å²) in [5, 5.41) is 3.35. The Hall–Kier alpha value is -0.120. The molecule has 0 aliphatic carbocycles. The Morgan fingerprint density at radius 1 is 1.31 bits per heavy atom. The summed E-state index contributed by atoms with van der Waals surface area (Å²) >= 11 is 0. The molecule has 0 atom stereocenters. The summed E-state index contributed by atoms with van der Waals surface area (Å²) in [4.78, 5) is 2.46. The zero-order valence-electron chi connectivity index (χ0n) is 9.10. The molecule has 1 heterocycles. The van der Waals surface area contributed by atoms with Crippen LogP contribution in [0.1, 0.15) is 20.8 Å². The van der Waals surface area contributed by atoms with Gasteiger partial charge >= 0.3 is 0 Å². The third kappa shape index (κ3) is 4.07. The van der Waals surface area contributed by atoms with E-state index >= 15 is 0 Å². The monoisotopic (exact) mass is 186 g/mol. The van der Waals surface area contributed by atoms with E-state index in [2.05, 4.69) is 31.0 Å². The smallest absolute Gasteiger partial charge is 0.0752 e. The molecule has 1 aliphatic rings. The molecule has 0 aromatic carbocycles. The second kappa shape index (κ2) is 4.94. The predicted molar refractivity (Wildman–Crippen MR) is 55.0 cm³/mol. The summed E-state index contributed by atoms with van der Waals surface area (Å²) in [7, 11) is 0. The first-order valence-electron chi connectivity index (χ1n) is 5.21. The molecule has 0 spiro atoms. The summed E-state index contributed by atoms with van der Waals surface area (Å²) < 4.78 is 5.67. The molecule has 3 nitrogen and oxygen atoms in total. The van der Waals surface area contributed by atoms with Crippen molar-refractivity contribution in [1.29, 1.82) is 0 Å². The van der Waals surface area contributed by atoms with Crippen molar-refractivity contribution in [2.24, 2.45) is 0 Å². The van der Waals surface area contributed by atoms with Crippen molar-refractivity contribution >= 4 is 0 Å². The van der Waals surface area contributed by atoms with Crippen LogP contribution in [0.15, 0.2) is 0 Å². The fourth-order valence-corrected chi connectivity index (χ4v) is 1.84. The molecule has 0 bridgehead atoms. The first kappa shape index (κ1) is 11.0. The van der Waals surface area contributed by atoms with Gasteiger partial charge in [0.2, 0.25) is 0 Å². The van der Waals surface area contributed by atoms with Crippen molar-refractivity contribution in [3.8, 4) is 0 Å². The SMILES string of the molecule is CCOC(C)(C)CN1CCNCC1. The lowest BCUT2D eigenvalue weighted by molar-refractivity contribution is -0.0357. The molecule has 1 aliphatic heterocycles. The number of nitrogens with zero attached hydrogens (tertiary/aromatic N) is 1. The highest BCUT2D eigenvalue weighted by atomic mass is 16.5. The topological polar surface area (TPSA) is 24.5 Å². The highest BCUT2D eigenvalue weighted by molar-refractivity contribution is 4.77. The van der Waals surface area contributed by atoms with Gasteiger partial charge in [-0.2, -0.15) is 0 Å². The average molecular weight is 186 g/mol. The van der Waals surface area contributed by atoms with Crippen LogP contribution in [0, 0.1) is 0 Å². The predicted octanol–water partition coefficient (Wildman–Crippen LogP) is 0.707. The van der Waals surface area contributed by atoms with E-state index in [1.165, 1.54) is 0 Å². The molecule has 1 N–H and O–H groups in total. The fourth-order valence-electron chi connectivity index (χ4n) is 1.84. The highest BCUT2D eigenvalue weighted by Gasteiger charge is 2.22. The van der Waals surface area contributed by atoms with E-state index in [9.17, 15) is 0 Å². The third-order valence-electron chi connectivity index (χ3n) is 2.35. The maximum atomic E-state index is 5.67. The van der Waals surface area contributed by atoms with Crippen molar-refractivity contribution < 1.29 is 4.74 Å². The number of rotatable bonds is 4. The Morgan fingerprint density at radius 3 is 2.46 bits per heavy atom. The Bertz CT molecular complexity index is 142. The summed E-state index contributed by atoms with van der Waals surface area (Å²) in [6.45, 7) is 12.8. The van der Waals surface area contributed by atoms with Gasteiger partial charge in [-0.1, -0.05) is 0 Å². The van der Waals surface area contributed by atoms with Crippen LogP contribution in [0.2, 0.25) is 0 Å². The van der Waals surface area contributed by atoms with Crippen LogP contribution in [-0.2, 0) is 4.74 Å². The molecule has 0 amide bonds. The van der Waals surface area contributed by atoms with Gasteiger partial charge in [-0.25, -0.2) is 0 Å². The molecule has 13 heavy (non-hydrogen) atoms. The van der Waals surface area contributed by atoms with Crippen LogP contribution in [-0.4, -0.2) is 49.8 Å². The Labute approximate surface area is 81.4 Å². The van der Waals surface area contributed by atoms with E-state index < -0.39 is 0 Å². The van der Waals surface area contributed by atoms with Crippen LogP contribution in [0.4, 0.5) is 0 Å². The van der Waals surface area contributed by atoms with Crippen LogP contribution in [0.5, 0.6) is 0 Å². The van der Waals surface area contributed by atoms with Gasteiger partial charge in [-0.15, -0.1) is 0 Å². The molecule has 3 heteroatoms. The molecule has 0 radical (unpaired) electrons. The van der Waals surface area contributed by atoms with Crippen LogP contribution in [0.25, 0.3) is 0 Å². The quantitative estimate of drug-likeness (QED) is 0.699.